The molecule has 0 radical (unpaired) electrons. The van der Waals surface area contributed by atoms with Gasteiger partial charge in [-0.25, -0.2) is 4.39 Å². The summed E-state index contributed by atoms with van der Waals surface area (Å²) in [5, 5.41) is 5.76. The third-order valence-electron chi connectivity index (χ3n) is 6.67. The Hall–Kier alpha value is -1.43. The molecule has 2 N–H and O–H groups in total. The summed E-state index contributed by atoms with van der Waals surface area (Å²) in [6, 6.07) is 6.05. The minimum absolute atomic E-state index is 0.0948. The first kappa shape index (κ1) is 19.9. The van der Waals surface area contributed by atoms with Gasteiger partial charge in [-0.15, -0.1) is 0 Å². The molecule has 2 amide bonds. The Morgan fingerprint density at radius 2 is 1.75 bits per heavy atom. The van der Waals surface area contributed by atoms with Gasteiger partial charge >= 0.3 is 0 Å². The minimum atomic E-state index is -0.340. The second kappa shape index (κ2) is 7.77. The lowest BCUT2D eigenvalue weighted by Crippen LogP contribution is -2.54. The van der Waals surface area contributed by atoms with E-state index in [0.29, 0.717) is 25.1 Å². The molecule has 28 heavy (non-hydrogen) atoms. The Balaban J connectivity index is 1.19. The Labute approximate surface area is 174 Å². The van der Waals surface area contributed by atoms with Crippen molar-refractivity contribution in [1.82, 2.24) is 10.6 Å². The molecular weight excluding hydrogens is 423 g/mol. The van der Waals surface area contributed by atoms with Gasteiger partial charge in [0.25, 0.3) is 0 Å². The van der Waals surface area contributed by atoms with Gasteiger partial charge in [-0.1, -0.05) is 28.1 Å². The average molecular weight is 451 g/mol. The van der Waals surface area contributed by atoms with Crippen LogP contribution in [-0.2, 0) is 16.0 Å². The highest BCUT2D eigenvalue weighted by Gasteiger charge is 2.57. The fraction of sp³-hybridized carbons (Fsp3) is 0.636. The summed E-state index contributed by atoms with van der Waals surface area (Å²) < 4.78 is 13.4. The number of rotatable bonds is 7. The van der Waals surface area contributed by atoms with Crippen LogP contribution in [-0.4, -0.2) is 29.2 Å². The van der Waals surface area contributed by atoms with Gasteiger partial charge in [0.1, 0.15) is 5.82 Å². The molecule has 4 saturated carbocycles. The average Bonchev–Trinajstić information content (AvgIpc) is 2.56. The largest absolute Gasteiger partial charge is 0.354 e. The number of carbonyl (C=O) groups is 2. The molecule has 5 rings (SSSR count). The predicted molar refractivity (Wildman–Crippen MR) is 110 cm³/mol. The third kappa shape index (κ3) is 4.58. The monoisotopic (exact) mass is 450 g/mol. The summed E-state index contributed by atoms with van der Waals surface area (Å²) in [5.41, 5.74) is 0.810. The quantitative estimate of drug-likeness (QED) is 0.491. The van der Waals surface area contributed by atoms with Crippen LogP contribution >= 0.6 is 15.9 Å². The van der Waals surface area contributed by atoms with Crippen molar-refractivity contribution in [1.29, 1.82) is 0 Å². The van der Waals surface area contributed by atoms with Gasteiger partial charge < -0.3 is 10.6 Å². The van der Waals surface area contributed by atoms with E-state index in [0.717, 1.165) is 18.3 Å². The van der Waals surface area contributed by atoms with Crippen molar-refractivity contribution in [3.63, 3.8) is 0 Å². The summed E-state index contributed by atoms with van der Waals surface area (Å²) in [6.45, 7) is 0.816. The van der Waals surface area contributed by atoms with Crippen molar-refractivity contribution in [2.24, 2.45) is 17.3 Å². The molecular formula is C22H28BrFN2O2. The lowest BCUT2D eigenvalue weighted by atomic mass is 9.48. The normalized spacial score (nSPS) is 32.9. The molecule has 2 unspecified atom stereocenters. The molecule has 0 spiro atoms. The van der Waals surface area contributed by atoms with Crippen LogP contribution in [0.2, 0.25) is 0 Å². The van der Waals surface area contributed by atoms with Crippen LogP contribution in [0.15, 0.2) is 24.3 Å². The van der Waals surface area contributed by atoms with Crippen molar-refractivity contribution in [2.45, 2.75) is 55.7 Å². The molecule has 1 aromatic rings. The second-order valence-electron chi connectivity index (χ2n) is 9.30. The summed E-state index contributed by atoms with van der Waals surface area (Å²) in [4.78, 5) is 24.5. The van der Waals surface area contributed by atoms with Crippen molar-refractivity contribution < 1.29 is 14.0 Å². The fourth-order valence-corrected chi connectivity index (χ4v) is 7.75. The van der Waals surface area contributed by atoms with E-state index >= 15 is 0 Å². The van der Waals surface area contributed by atoms with E-state index in [2.05, 4.69) is 26.6 Å². The molecule has 0 aliphatic heterocycles. The maximum Gasteiger partial charge on any atom is 0.224 e. The fourth-order valence-electron chi connectivity index (χ4n) is 6.24. The maximum absolute atomic E-state index is 13.2. The van der Waals surface area contributed by atoms with E-state index < -0.39 is 0 Å². The zero-order valence-corrected chi connectivity index (χ0v) is 17.7. The molecule has 2 atom stereocenters. The highest BCUT2D eigenvalue weighted by Crippen LogP contribution is 2.65. The van der Waals surface area contributed by atoms with Gasteiger partial charge in [-0.2, -0.15) is 0 Å². The molecule has 0 saturated heterocycles. The number of halogens is 2. The number of hydrogen-bond acceptors (Lipinski definition) is 2. The van der Waals surface area contributed by atoms with E-state index in [9.17, 15) is 14.0 Å². The number of benzene rings is 1. The maximum atomic E-state index is 13.2. The van der Waals surface area contributed by atoms with Crippen LogP contribution in [0.1, 0.15) is 50.5 Å². The van der Waals surface area contributed by atoms with E-state index in [1.54, 1.807) is 12.1 Å². The first-order valence-corrected chi connectivity index (χ1v) is 11.1. The number of nitrogens with one attached hydrogen (secondary N) is 2. The molecule has 152 valence electrons. The standard InChI is InChI=1S/C22H28BrFN2O2/c23-22-11-16-6-17(12-22)10-21(9-16,14-22)13-20(28)26-5-4-25-19(27)8-15-2-1-3-18(24)7-15/h1-3,7,16-17H,4-6,8-14H2,(H,25,27)(H,26,28). The van der Waals surface area contributed by atoms with Crippen molar-refractivity contribution in [2.75, 3.05) is 13.1 Å². The van der Waals surface area contributed by atoms with E-state index in [1.807, 2.05) is 0 Å². The van der Waals surface area contributed by atoms with E-state index in [4.69, 9.17) is 0 Å². The van der Waals surface area contributed by atoms with E-state index in [-0.39, 0.29) is 33.8 Å². The minimum Gasteiger partial charge on any atom is -0.354 e. The SMILES string of the molecule is O=C(Cc1cccc(F)c1)NCCNC(=O)CC12CC3CC(CC(Br)(C3)C1)C2. The Bertz CT molecular complexity index is 755. The highest BCUT2D eigenvalue weighted by molar-refractivity contribution is 9.10. The van der Waals surface area contributed by atoms with Crippen molar-refractivity contribution >= 4 is 27.7 Å². The zero-order valence-electron chi connectivity index (χ0n) is 16.1. The Morgan fingerprint density at radius 1 is 1.07 bits per heavy atom. The molecule has 4 fully saturated rings. The number of amides is 2. The molecule has 4 nitrogen and oxygen atoms in total. The Kier molecular flexibility index (Phi) is 5.51. The van der Waals surface area contributed by atoms with Crippen LogP contribution in [0.4, 0.5) is 4.39 Å². The predicted octanol–water partition coefficient (Wildman–Crippen LogP) is 3.72. The number of hydrogen-bond donors (Lipinski definition) is 2. The van der Waals surface area contributed by atoms with Crippen molar-refractivity contribution in [3.8, 4) is 0 Å². The summed E-state index contributed by atoms with van der Waals surface area (Å²) in [7, 11) is 0. The summed E-state index contributed by atoms with van der Waals surface area (Å²) >= 11 is 3.99. The van der Waals surface area contributed by atoms with Gasteiger partial charge in [0.05, 0.1) is 6.42 Å². The summed E-state index contributed by atoms with van der Waals surface area (Å²) in [6.07, 6.45) is 8.12. The lowest BCUT2D eigenvalue weighted by molar-refractivity contribution is -0.128. The molecule has 4 bridgehead atoms. The zero-order chi connectivity index (χ0) is 19.8. The third-order valence-corrected chi connectivity index (χ3v) is 7.60. The highest BCUT2D eigenvalue weighted by atomic mass is 79.9. The Morgan fingerprint density at radius 3 is 2.39 bits per heavy atom. The topological polar surface area (TPSA) is 58.2 Å². The summed E-state index contributed by atoms with van der Waals surface area (Å²) in [5.74, 6) is 1.14. The molecule has 4 aliphatic carbocycles. The molecule has 1 aromatic carbocycles. The smallest absolute Gasteiger partial charge is 0.224 e. The van der Waals surface area contributed by atoms with Gasteiger partial charge in [-0.05, 0) is 73.5 Å². The van der Waals surface area contributed by atoms with Crippen LogP contribution < -0.4 is 10.6 Å². The van der Waals surface area contributed by atoms with Crippen molar-refractivity contribution in [3.05, 3.63) is 35.6 Å². The van der Waals surface area contributed by atoms with E-state index in [1.165, 1.54) is 44.2 Å². The molecule has 0 aromatic heterocycles. The number of alkyl halides is 1. The van der Waals surface area contributed by atoms with Gasteiger partial charge in [0, 0.05) is 23.8 Å². The molecule has 0 heterocycles. The van der Waals surface area contributed by atoms with Crippen LogP contribution in [0.25, 0.3) is 0 Å². The first-order chi connectivity index (χ1) is 13.3. The van der Waals surface area contributed by atoms with Gasteiger partial charge in [0.2, 0.25) is 11.8 Å². The molecule has 4 aliphatic rings. The second-order valence-corrected chi connectivity index (χ2v) is 11.0. The van der Waals surface area contributed by atoms with Gasteiger partial charge in [-0.3, -0.25) is 9.59 Å². The first-order valence-electron chi connectivity index (χ1n) is 10.3. The molecule has 6 heteroatoms. The number of carbonyl (C=O) groups excluding carboxylic acids is 2. The van der Waals surface area contributed by atoms with Crippen LogP contribution in [0.3, 0.4) is 0 Å². The van der Waals surface area contributed by atoms with Crippen LogP contribution in [0.5, 0.6) is 0 Å². The van der Waals surface area contributed by atoms with Crippen LogP contribution in [0, 0.1) is 23.1 Å². The lowest BCUT2D eigenvalue weighted by Gasteiger charge is -2.60. The van der Waals surface area contributed by atoms with Gasteiger partial charge in [0.15, 0.2) is 0 Å².